The second-order valence-corrected chi connectivity index (χ2v) is 5.85. The van der Waals surface area contributed by atoms with Crippen molar-refractivity contribution in [1.29, 1.82) is 0 Å². The maximum absolute atomic E-state index is 3.26. The smallest absolute Gasteiger partial charge is 1.00 e. The standard InChI is InChI=1S/2C8H11.C2H7Si.2ClH.Hf/c2*1-2-5-8-6-3-4-7-8;1-3-2;;;/h2*3,6H,2,4-5H2,1H3;3H,1-2H3;2*1H;/q2*-1;;;;+4/p-2. The number of hydrogen-bond acceptors (Lipinski definition) is 0. The Bertz CT molecular complexity index is 302. The monoisotopic (exact) mass is 523 g/mol. The topological polar surface area (TPSA) is 0 Å². The van der Waals surface area contributed by atoms with Gasteiger partial charge in [0.25, 0.3) is 0 Å². The largest absolute Gasteiger partial charge is 4.00 e. The van der Waals surface area contributed by atoms with Gasteiger partial charge in [-0.15, -0.1) is 12.8 Å². The molecule has 0 atom stereocenters. The third kappa shape index (κ3) is 18.7. The van der Waals surface area contributed by atoms with E-state index in [0.717, 1.165) is 22.4 Å². The second-order valence-electron chi connectivity index (χ2n) is 4.69. The maximum atomic E-state index is 3.26. The molecule has 0 saturated carbocycles. The van der Waals surface area contributed by atoms with Crippen molar-refractivity contribution >= 4 is 9.52 Å². The Kier molecular flexibility index (Phi) is 33.1. The minimum Gasteiger partial charge on any atom is -1.00 e. The van der Waals surface area contributed by atoms with E-state index in [9.17, 15) is 0 Å². The van der Waals surface area contributed by atoms with Gasteiger partial charge in [-0.3, -0.25) is 12.2 Å². The second kappa shape index (κ2) is 23.9. The van der Waals surface area contributed by atoms with Gasteiger partial charge in [-0.2, -0.15) is 12.2 Å². The number of hydrogen-bond donors (Lipinski definition) is 0. The summed E-state index contributed by atoms with van der Waals surface area (Å²) in [5.41, 5.74) is 2.79. The molecule has 0 heterocycles. The predicted octanol–water partition coefficient (Wildman–Crippen LogP) is -0.523. The van der Waals surface area contributed by atoms with Crippen molar-refractivity contribution in [2.45, 2.75) is 65.5 Å². The fraction of sp³-hybridized carbons (Fsp3) is 0.556. The van der Waals surface area contributed by atoms with Crippen LogP contribution in [-0.4, -0.2) is 9.52 Å². The molecule has 0 nitrogen and oxygen atoms in total. The van der Waals surface area contributed by atoms with Crippen molar-refractivity contribution in [2.24, 2.45) is 0 Å². The molecular weight excluding hydrogens is 494 g/mol. The van der Waals surface area contributed by atoms with Gasteiger partial charge in [0, 0.05) is 9.52 Å². The fourth-order valence-electron chi connectivity index (χ4n) is 1.78. The van der Waals surface area contributed by atoms with Crippen molar-refractivity contribution in [3.05, 3.63) is 47.6 Å². The summed E-state index contributed by atoms with van der Waals surface area (Å²) in [5, 5.41) is 0. The zero-order valence-electron chi connectivity index (χ0n) is 14.4. The van der Waals surface area contributed by atoms with Crippen LogP contribution in [0.3, 0.4) is 0 Å². The van der Waals surface area contributed by atoms with E-state index in [1.54, 1.807) is 0 Å². The SMILES string of the molecule is CCCC1=[C-]CC=C1.CCCC1=[C-]CC=C1.C[SiH]C.[Cl-].[Cl-].[Hf+4]. The van der Waals surface area contributed by atoms with E-state index in [4.69, 9.17) is 0 Å². The van der Waals surface area contributed by atoms with E-state index in [-0.39, 0.29) is 50.7 Å². The van der Waals surface area contributed by atoms with E-state index >= 15 is 0 Å². The van der Waals surface area contributed by atoms with Gasteiger partial charge >= 0.3 is 25.8 Å². The quantitative estimate of drug-likeness (QED) is 0.344. The molecule has 0 spiro atoms. The van der Waals surface area contributed by atoms with Crippen LogP contribution in [0.25, 0.3) is 0 Å². The maximum Gasteiger partial charge on any atom is 4.00 e. The molecule has 2 rings (SSSR count). The van der Waals surface area contributed by atoms with E-state index in [2.05, 4.69) is 63.4 Å². The normalized spacial score (nSPS) is 13.1. The summed E-state index contributed by atoms with van der Waals surface area (Å²) < 4.78 is 0. The molecule has 0 N–H and O–H groups in total. The van der Waals surface area contributed by atoms with Gasteiger partial charge < -0.3 is 24.8 Å². The van der Waals surface area contributed by atoms with Crippen LogP contribution in [0.2, 0.25) is 13.1 Å². The van der Waals surface area contributed by atoms with Gasteiger partial charge in [-0.1, -0.05) is 52.6 Å². The Morgan fingerprint density at radius 2 is 1.18 bits per heavy atom. The molecule has 1 radical (unpaired) electrons. The fourth-order valence-corrected chi connectivity index (χ4v) is 1.78. The van der Waals surface area contributed by atoms with Crippen LogP contribution in [0, 0.1) is 12.2 Å². The Hall–Kier alpha value is 0.627. The first kappa shape index (κ1) is 30.5. The Morgan fingerprint density at radius 3 is 1.36 bits per heavy atom. The van der Waals surface area contributed by atoms with Crippen LogP contribution >= 0.6 is 0 Å². The predicted molar refractivity (Wildman–Crippen MR) is 89.7 cm³/mol. The van der Waals surface area contributed by atoms with Crippen molar-refractivity contribution < 1.29 is 50.7 Å². The van der Waals surface area contributed by atoms with E-state index in [1.807, 2.05) is 0 Å². The molecule has 2 aliphatic carbocycles. The van der Waals surface area contributed by atoms with Crippen molar-refractivity contribution in [3.8, 4) is 0 Å². The van der Waals surface area contributed by atoms with Gasteiger partial charge in [0.15, 0.2) is 0 Å². The van der Waals surface area contributed by atoms with Gasteiger partial charge in [0.05, 0.1) is 0 Å². The molecule has 4 heteroatoms. The van der Waals surface area contributed by atoms with E-state index in [1.165, 1.54) is 36.8 Å². The number of rotatable bonds is 4. The first-order chi connectivity index (χ1) is 9.28. The molecule has 0 aromatic rings. The summed E-state index contributed by atoms with van der Waals surface area (Å²) in [6.07, 6.45) is 22.2. The molecule has 2 aliphatic rings. The number of allylic oxidation sites excluding steroid dienone is 8. The average molecular weight is 523 g/mol. The summed E-state index contributed by atoms with van der Waals surface area (Å²) >= 11 is 0. The molecule has 123 valence electrons. The third-order valence-electron chi connectivity index (χ3n) is 2.57. The van der Waals surface area contributed by atoms with Crippen molar-refractivity contribution in [2.75, 3.05) is 0 Å². The average Bonchev–Trinajstić information content (AvgIpc) is 3.05. The molecule has 0 saturated heterocycles. The molecule has 0 aromatic heterocycles. The summed E-state index contributed by atoms with van der Waals surface area (Å²) in [4.78, 5) is 0. The molecule has 0 unspecified atom stereocenters. The molecule has 0 amide bonds. The first-order valence-electron chi connectivity index (χ1n) is 7.54. The van der Waals surface area contributed by atoms with Crippen LogP contribution in [0.5, 0.6) is 0 Å². The van der Waals surface area contributed by atoms with E-state index < -0.39 is 0 Å². The Morgan fingerprint density at radius 1 is 0.864 bits per heavy atom. The van der Waals surface area contributed by atoms with Crippen LogP contribution in [0.1, 0.15) is 52.4 Å². The third-order valence-corrected chi connectivity index (χ3v) is 2.57. The van der Waals surface area contributed by atoms with Crippen LogP contribution in [0.15, 0.2) is 35.5 Å². The summed E-state index contributed by atoms with van der Waals surface area (Å²) in [7, 11) is 0.750. The molecule has 0 aromatic carbocycles. The van der Waals surface area contributed by atoms with Gasteiger partial charge in [0.2, 0.25) is 0 Å². The van der Waals surface area contributed by atoms with Crippen molar-refractivity contribution in [3.63, 3.8) is 0 Å². The van der Waals surface area contributed by atoms with E-state index in [0.29, 0.717) is 0 Å². The minimum absolute atomic E-state index is 0. The number of halogens is 2. The zero-order chi connectivity index (χ0) is 14.3. The summed E-state index contributed by atoms with van der Waals surface area (Å²) in [6, 6.07) is 0. The van der Waals surface area contributed by atoms with Crippen molar-refractivity contribution in [1.82, 2.24) is 0 Å². The van der Waals surface area contributed by atoms with Gasteiger partial charge in [0.1, 0.15) is 0 Å². The molecule has 0 aliphatic heterocycles. The molecule has 22 heavy (non-hydrogen) atoms. The Balaban J connectivity index is -0.000000112. The molecular formula is C18H29Cl2HfSi. The zero-order valence-corrected chi connectivity index (χ0v) is 20.6. The molecule has 0 fully saturated rings. The molecule has 0 bridgehead atoms. The van der Waals surface area contributed by atoms with Crippen LogP contribution in [-0.2, 0) is 25.8 Å². The van der Waals surface area contributed by atoms with Gasteiger partial charge in [-0.25, -0.2) is 23.3 Å². The van der Waals surface area contributed by atoms with Crippen LogP contribution < -0.4 is 24.8 Å². The summed E-state index contributed by atoms with van der Waals surface area (Å²) in [5.74, 6) is 0. The van der Waals surface area contributed by atoms with Gasteiger partial charge in [-0.05, 0) is 0 Å². The minimum atomic E-state index is 0. The summed E-state index contributed by atoms with van der Waals surface area (Å²) in [6.45, 7) is 8.81. The Labute approximate surface area is 172 Å². The van der Waals surface area contributed by atoms with Crippen LogP contribution in [0.4, 0.5) is 0 Å². The first-order valence-corrected chi connectivity index (χ1v) is 9.85.